The Morgan fingerprint density at radius 1 is 1.16 bits per heavy atom. The molecule has 2 aliphatic heterocycles. The van der Waals surface area contributed by atoms with Crippen LogP contribution in [-0.4, -0.2) is 48.9 Å². The van der Waals surface area contributed by atoms with Crippen LogP contribution in [0, 0.1) is 18.8 Å². The lowest BCUT2D eigenvalue weighted by Crippen LogP contribution is -2.33. The summed E-state index contributed by atoms with van der Waals surface area (Å²) in [7, 11) is -3.36. The van der Waals surface area contributed by atoms with Crippen molar-refractivity contribution in [3.05, 3.63) is 35.0 Å². The van der Waals surface area contributed by atoms with Gasteiger partial charge in [-0.05, 0) is 43.4 Å². The third-order valence-corrected chi connectivity index (χ3v) is 8.63. The quantitative estimate of drug-likeness (QED) is 0.816. The highest BCUT2D eigenvalue weighted by Gasteiger charge is 2.45. The van der Waals surface area contributed by atoms with Crippen molar-refractivity contribution in [1.82, 2.24) is 14.3 Å². The molecule has 0 amide bonds. The normalized spacial score (nSPS) is 24.0. The van der Waals surface area contributed by atoms with E-state index >= 15 is 0 Å². The zero-order valence-corrected chi connectivity index (χ0v) is 16.1. The van der Waals surface area contributed by atoms with Gasteiger partial charge in [-0.2, -0.15) is 4.31 Å². The first-order valence-electron chi connectivity index (χ1n) is 8.61. The van der Waals surface area contributed by atoms with Gasteiger partial charge in [0.05, 0.1) is 0 Å². The maximum atomic E-state index is 12.9. The third-order valence-electron chi connectivity index (χ3n) is 5.10. The number of sulfonamides is 1. The van der Waals surface area contributed by atoms with Gasteiger partial charge in [0.2, 0.25) is 5.95 Å². The van der Waals surface area contributed by atoms with Crippen LogP contribution in [-0.2, 0) is 16.4 Å². The molecule has 4 rings (SSSR count). The van der Waals surface area contributed by atoms with Crippen LogP contribution >= 0.6 is 11.3 Å². The molecule has 134 valence electrons. The molecule has 8 heteroatoms. The van der Waals surface area contributed by atoms with Gasteiger partial charge in [0.25, 0.3) is 10.0 Å². The molecule has 6 nitrogen and oxygen atoms in total. The highest BCUT2D eigenvalue weighted by atomic mass is 32.2. The first kappa shape index (κ1) is 16.9. The summed E-state index contributed by atoms with van der Waals surface area (Å²) in [6.07, 6.45) is 2.65. The Kier molecular flexibility index (Phi) is 4.29. The van der Waals surface area contributed by atoms with Gasteiger partial charge in [0.1, 0.15) is 4.21 Å². The molecule has 0 aromatic carbocycles. The molecule has 0 aliphatic carbocycles. The highest BCUT2D eigenvalue weighted by Crippen LogP contribution is 2.36. The topological polar surface area (TPSA) is 66.4 Å². The summed E-state index contributed by atoms with van der Waals surface area (Å²) in [5.41, 5.74) is 0.954. The van der Waals surface area contributed by atoms with E-state index in [-0.39, 0.29) is 0 Å². The molecule has 0 N–H and O–H groups in total. The Hall–Kier alpha value is -1.51. The number of anilines is 1. The van der Waals surface area contributed by atoms with Crippen LogP contribution in [0.2, 0.25) is 0 Å². The van der Waals surface area contributed by atoms with Crippen LogP contribution < -0.4 is 4.90 Å². The zero-order valence-electron chi connectivity index (χ0n) is 14.4. The number of hydrogen-bond acceptors (Lipinski definition) is 6. The van der Waals surface area contributed by atoms with Crippen molar-refractivity contribution in [2.75, 3.05) is 31.1 Å². The van der Waals surface area contributed by atoms with Crippen molar-refractivity contribution in [3.8, 4) is 0 Å². The van der Waals surface area contributed by atoms with Crippen molar-refractivity contribution in [3.63, 3.8) is 0 Å². The monoisotopic (exact) mass is 378 g/mol. The van der Waals surface area contributed by atoms with Crippen LogP contribution in [0.5, 0.6) is 0 Å². The second-order valence-corrected chi connectivity index (χ2v) is 10.2. The molecule has 25 heavy (non-hydrogen) atoms. The fraction of sp³-hybridized carbons (Fsp3) is 0.529. The Morgan fingerprint density at radius 2 is 1.88 bits per heavy atom. The molecule has 0 spiro atoms. The fourth-order valence-electron chi connectivity index (χ4n) is 3.71. The molecule has 0 saturated carbocycles. The van der Waals surface area contributed by atoms with Gasteiger partial charge >= 0.3 is 0 Å². The van der Waals surface area contributed by atoms with Gasteiger partial charge in [-0.25, -0.2) is 18.4 Å². The van der Waals surface area contributed by atoms with Gasteiger partial charge in [-0.1, -0.05) is 6.92 Å². The average Bonchev–Trinajstić information content (AvgIpc) is 3.29. The molecule has 2 fully saturated rings. The fourth-order valence-corrected chi connectivity index (χ4v) is 6.72. The maximum absolute atomic E-state index is 12.9. The van der Waals surface area contributed by atoms with Gasteiger partial charge in [-0.3, -0.25) is 0 Å². The van der Waals surface area contributed by atoms with Gasteiger partial charge in [-0.15, -0.1) is 11.3 Å². The van der Waals surface area contributed by atoms with Crippen molar-refractivity contribution >= 4 is 27.3 Å². The van der Waals surface area contributed by atoms with E-state index in [4.69, 9.17) is 0 Å². The first-order valence-corrected chi connectivity index (χ1v) is 10.9. The van der Waals surface area contributed by atoms with Crippen LogP contribution in [0.15, 0.2) is 28.6 Å². The largest absolute Gasteiger partial charge is 0.340 e. The van der Waals surface area contributed by atoms with Gasteiger partial charge in [0.15, 0.2) is 0 Å². The Labute approximate surface area is 152 Å². The summed E-state index contributed by atoms with van der Waals surface area (Å²) in [6, 6.07) is 5.56. The molecule has 4 heterocycles. The number of aromatic nitrogens is 2. The standard InChI is InChI=1S/C17H22N4O2S2/c1-3-15-4-5-16(24-15)25(22,23)21-10-13-8-20(9-14(13)11-21)17-18-7-6-12(2)19-17/h4-7,13-14H,3,8-11H2,1-2H3. The molecule has 2 unspecified atom stereocenters. The molecule has 0 radical (unpaired) electrons. The van der Waals surface area contributed by atoms with E-state index < -0.39 is 10.0 Å². The predicted molar refractivity (Wildman–Crippen MR) is 98.4 cm³/mol. The lowest BCUT2D eigenvalue weighted by molar-refractivity contribution is 0.454. The van der Waals surface area contributed by atoms with Gasteiger partial charge < -0.3 is 4.90 Å². The number of fused-ring (bicyclic) bond motifs is 1. The summed E-state index contributed by atoms with van der Waals surface area (Å²) in [5.74, 6) is 1.46. The van der Waals surface area contributed by atoms with Gasteiger partial charge in [0, 0.05) is 42.9 Å². The van der Waals surface area contributed by atoms with E-state index in [0.717, 1.165) is 36.0 Å². The summed E-state index contributed by atoms with van der Waals surface area (Å²) in [5, 5.41) is 0. The first-order chi connectivity index (χ1) is 12.0. The lowest BCUT2D eigenvalue weighted by atomic mass is 10.0. The highest BCUT2D eigenvalue weighted by molar-refractivity contribution is 7.91. The van der Waals surface area contributed by atoms with Crippen molar-refractivity contribution in [1.29, 1.82) is 0 Å². The number of nitrogens with zero attached hydrogens (tertiary/aromatic N) is 4. The second-order valence-electron chi connectivity index (χ2n) is 6.82. The SMILES string of the molecule is CCc1ccc(S(=O)(=O)N2CC3CN(c4nccc(C)n4)CC3C2)s1. The summed E-state index contributed by atoms with van der Waals surface area (Å²) < 4.78 is 27.9. The molecular formula is C17H22N4O2S2. The Balaban J connectivity index is 1.47. The van der Waals surface area contributed by atoms with E-state index in [1.165, 1.54) is 11.3 Å². The Bertz CT molecular complexity index is 866. The van der Waals surface area contributed by atoms with E-state index in [0.29, 0.717) is 29.1 Å². The van der Waals surface area contributed by atoms with Crippen LogP contribution in [0.1, 0.15) is 17.5 Å². The molecule has 2 atom stereocenters. The summed E-state index contributed by atoms with van der Waals surface area (Å²) in [6.45, 7) is 6.84. The molecule has 2 aromatic rings. The molecule has 2 saturated heterocycles. The molecule has 2 aromatic heterocycles. The number of aryl methyl sites for hydroxylation is 2. The predicted octanol–water partition coefficient (Wildman–Crippen LogP) is 2.17. The van der Waals surface area contributed by atoms with E-state index in [2.05, 4.69) is 14.9 Å². The van der Waals surface area contributed by atoms with E-state index in [9.17, 15) is 8.42 Å². The number of hydrogen-bond donors (Lipinski definition) is 0. The average molecular weight is 379 g/mol. The minimum atomic E-state index is -3.36. The summed E-state index contributed by atoms with van der Waals surface area (Å²) in [4.78, 5) is 12.2. The molecular weight excluding hydrogens is 356 g/mol. The molecule has 0 bridgehead atoms. The van der Waals surface area contributed by atoms with Crippen molar-refractivity contribution in [2.24, 2.45) is 11.8 Å². The smallest absolute Gasteiger partial charge is 0.252 e. The van der Waals surface area contributed by atoms with Crippen molar-refractivity contribution < 1.29 is 8.42 Å². The minimum absolute atomic E-state index is 0.351. The van der Waals surface area contributed by atoms with Crippen LogP contribution in [0.4, 0.5) is 5.95 Å². The van der Waals surface area contributed by atoms with Crippen molar-refractivity contribution in [2.45, 2.75) is 24.5 Å². The van der Waals surface area contributed by atoms with Crippen LogP contribution in [0.25, 0.3) is 0 Å². The zero-order chi connectivity index (χ0) is 17.6. The van der Waals surface area contributed by atoms with E-state index in [1.807, 2.05) is 26.0 Å². The Morgan fingerprint density at radius 3 is 2.48 bits per heavy atom. The second kappa shape index (κ2) is 6.34. The third kappa shape index (κ3) is 3.07. The van der Waals surface area contributed by atoms with E-state index in [1.54, 1.807) is 16.6 Å². The summed E-state index contributed by atoms with van der Waals surface area (Å²) >= 11 is 1.39. The lowest BCUT2D eigenvalue weighted by Gasteiger charge is -2.21. The maximum Gasteiger partial charge on any atom is 0.252 e. The minimum Gasteiger partial charge on any atom is -0.340 e. The molecule has 2 aliphatic rings. The van der Waals surface area contributed by atoms with Crippen LogP contribution in [0.3, 0.4) is 0 Å². The number of thiophene rings is 1. The number of rotatable bonds is 4.